The van der Waals surface area contributed by atoms with Gasteiger partial charge in [0, 0.05) is 37.6 Å². The molecule has 0 amide bonds. The lowest BCUT2D eigenvalue weighted by atomic mass is 10.2. The van der Waals surface area contributed by atoms with Crippen molar-refractivity contribution < 1.29 is 0 Å². The molecule has 5 nitrogen and oxygen atoms in total. The average Bonchev–Trinajstić information content (AvgIpc) is 2.20. The van der Waals surface area contributed by atoms with Gasteiger partial charge in [-0.1, -0.05) is 13.8 Å². The molecular weight excluding hydrogens is 190 g/mol. The number of piperazine rings is 1. The molecule has 0 aromatic rings. The second-order valence-corrected chi connectivity index (χ2v) is 3.42. The van der Waals surface area contributed by atoms with Crippen LogP contribution in [-0.2, 0) is 0 Å². The van der Waals surface area contributed by atoms with Crippen molar-refractivity contribution in [2.75, 3.05) is 26.2 Å². The van der Waals surface area contributed by atoms with Crippen molar-refractivity contribution in [1.29, 1.82) is 0 Å². The monoisotopic (exact) mass is 217 g/mol. The molecule has 1 saturated heterocycles. The first-order valence-corrected chi connectivity index (χ1v) is 5.22. The van der Waals surface area contributed by atoms with Gasteiger partial charge in [0.25, 0.3) is 0 Å². The summed E-state index contributed by atoms with van der Waals surface area (Å²) in [5, 5.41) is 3.35. The van der Waals surface area contributed by atoms with Crippen molar-refractivity contribution in [3.8, 4) is 0 Å². The molecule has 0 atom stereocenters. The Bertz CT molecular complexity index is 184. The number of nitrogens with one attached hydrogen (secondary N) is 1. The largest absolute Gasteiger partial charge is 0.401 e. The van der Waals surface area contributed by atoms with Crippen LogP contribution in [0, 0.1) is 0 Å². The molecule has 0 saturated carbocycles. The van der Waals surface area contributed by atoms with Crippen LogP contribution < -0.4 is 23.4 Å². The second kappa shape index (κ2) is 8.52. The Labute approximate surface area is 93.2 Å². The van der Waals surface area contributed by atoms with E-state index in [9.17, 15) is 0 Å². The van der Waals surface area contributed by atoms with E-state index in [1.807, 2.05) is 0 Å². The molecule has 92 valence electrons. The van der Waals surface area contributed by atoms with Gasteiger partial charge in [-0.25, -0.2) is 0 Å². The molecule has 1 aliphatic heterocycles. The van der Waals surface area contributed by atoms with Crippen molar-refractivity contribution in [3.05, 3.63) is 11.4 Å². The third-order valence-corrected chi connectivity index (χ3v) is 2.59. The zero-order valence-corrected chi connectivity index (χ0v) is 10.2. The minimum atomic E-state index is 0. The smallest absolute Gasteiger partial charge is 0.0321 e. The summed E-state index contributed by atoms with van der Waals surface area (Å²) in [4.78, 5) is 2.41. The van der Waals surface area contributed by atoms with Crippen LogP contribution in [0.25, 0.3) is 0 Å². The Morgan fingerprint density at radius 1 is 1.13 bits per heavy atom. The summed E-state index contributed by atoms with van der Waals surface area (Å²) in [6.07, 6.45) is 2.02. The number of hydrogen-bond donors (Lipinski definition) is 4. The number of nitrogens with zero attached hydrogens (tertiary/aromatic N) is 1. The first-order valence-electron chi connectivity index (χ1n) is 5.22. The number of rotatable bonds is 3. The summed E-state index contributed by atoms with van der Waals surface area (Å²) in [6.45, 7) is 8.67. The first kappa shape index (κ1) is 16.6. The van der Waals surface area contributed by atoms with Crippen LogP contribution >= 0.6 is 0 Å². The summed E-state index contributed by atoms with van der Waals surface area (Å²) in [6, 6.07) is 0. The van der Waals surface area contributed by atoms with E-state index in [1.54, 1.807) is 0 Å². The van der Waals surface area contributed by atoms with Crippen molar-refractivity contribution in [2.45, 2.75) is 26.7 Å². The molecule has 9 N–H and O–H groups in total. The fourth-order valence-corrected chi connectivity index (χ4v) is 1.79. The lowest BCUT2D eigenvalue weighted by Gasteiger charge is -2.32. The topological polar surface area (TPSA) is 111 Å². The van der Waals surface area contributed by atoms with E-state index < -0.39 is 0 Å². The van der Waals surface area contributed by atoms with Gasteiger partial charge in [-0.2, -0.15) is 0 Å². The first-order chi connectivity index (χ1) is 6.29. The Hall–Kier alpha value is -0.780. The normalized spacial score (nSPS) is 17.3. The molecule has 1 rings (SSSR count). The predicted molar refractivity (Wildman–Crippen MR) is 66.3 cm³/mol. The molecule has 1 fully saturated rings. The summed E-state index contributed by atoms with van der Waals surface area (Å²) < 4.78 is 0. The van der Waals surface area contributed by atoms with Gasteiger partial charge in [0.1, 0.15) is 0 Å². The molecule has 0 bridgehead atoms. The van der Waals surface area contributed by atoms with Gasteiger partial charge in [0.15, 0.2) is 0 Å². The van der Waals surface area contributed by atoms with Crippen LogP contribution in [0.15, 0.2) is 11.4 Å². The highest BCUT2D eigenvalue weighted by Crippen LogP contribution is 2.13. The molecular formula is C10H27N5. The standard InChI is InChI=1S/C10H21N3.2H3N/c1-3-9(11)10(4-2)13-7-5-12-6-8-13;;/h12H,3-8,11H2,1-2H3;2*1H3/b10-9+;;. The maximum atomic E-state index is 5.98. The highest BCUT2D eigenvalue weighted by Gasteiger charge is 2.13. The Morgan fingerprint density at radius 2 is 1.67 bits per heavy atom. The van der Waals surface area contributed by atoms with E-state index in [-0.39, 0.29) is 12.3 Å². The average molecular weight is 217 g/mol. The molecule has 0 aromatic carbocycles. The SMILES string of the molecule is CC/C(N)=C(/CC)N1CCNCC1.N.N. The minimum Gasteiger partial charge on any atom is -0.401 e. The Kier molecular flexibility index (Phi) is 9.46. The molecule has 0 aromatic heterocycles. The van der Waals surface area contributed by atoms with Crippen molar-refractivity contribution in [2.24, 2.45) is 5.73 Å². The number of nitrogens with two attached hydrogens (primary N) is 1. The van der Waals surface area contributed by atoms with Crippen LogP contribution in [0.3, 0.4) is 0 Å². The number of allylic oxidation sites excluding steroid dienone is 2. The minimum absolute atomic E-state index is 0. The van der Waals surface area contributed by atoms with Crippen molar-refractivity contribution in [1.82, 2.24) is 22.5 Å². The lowest BCUT2D eigenvalue weighted by Crippen LogP contribution is -2.43. The van der Waals surface area contributed by atoms with Crippen molar-refractivity contribution in [3.63, 3.8) is 0 Å². The molecule has 5 heteroatoms. The summed E-state index contributed by atoms with van der Waals surface area (Å²) in [5.41, 5.74) is 8.39. The van der Waals surface area contributed by atoms with Gasteiger partial charge in [0.2, 0.25) is 0 Å². The van der Waals surface area contributed by atoms with Crippen LogP contribution in [-0.4, -0.2) is 31.1 Å². The molecule has 0 spiro atoms. The molecule has 1 aliphatic rings. The molecule has 0 unspecified atom stereocenters. The molecule has 0 aliphatic carbocycles. The summed E-state index contributed by atoms with van der Waals surface area (Å²) in [7, 11) is 0. The third kappa shape index (κ3) is 4.51. The van der Waals surface area contributed by atoms with Gasteiger partial charge < -0.3 is 28.3 Å². The molecule has 15 heavy (non-hydrogen) atoms. The molecule has 0 radical (unpaired) electrons. The van der Waals surface area contributed by atoms with E-state index >= 15 is 0 Å². The number of hydrogen-bond acceptors (Lipinski definition) is 5. The van der Waals surface area contributed by atoms with Gasteiger partial charge >= 0.3 is 0 Å². The van der Waals surface area contributed by atoms with E-state index in [2.05, 4.69) is 24.1 Å². The van der Waals surface area contributed by atoms with E-state index in [0.29, 0.717) is 0 Å². The summed E-state index contributed by atoms with van der Waals surface area (Å²) in [5.74, 6) is 0. The van der Waals surface area contributed by atoms with Crippen LogP contribution in [0.5, 0.6) is 0 Å². The van der Waals surface area contributed by atoms with Crippen LogP contribution in [0.2, 0.25) is 0 Å². The maximum absolute atomic E-state index is 5.98. The summed E-state index contributed by atoms with van der Waals surface area (Å²) >= 11 is 0. The van der Waals surface area contributed by atoms with Gasteiger partial charge in [-0.3, -0.25) is 0 Å². The Morgan fingerprint density at radius 3 is 2.07 bits per heavy atom. The zero-order chi connectivity index (χ0) is 9.68. The van der Waals surface area contributed by atoms with Gasteiger partial charge in [0.05, 0.1) is 0 Å². The fourth-order valence-electron chi connectivity index (χ4n) is 1.79. The highest BCUT2D eigenvalue weighted by atomic mass is 15.2. The lowest BCUT2D eigenvalue weighted by molar-refractivity contribution is 0.288. The van der Waals surface area contributed by atoms with Crippen LogP contribution in [0.4, 0.5) is 0 Å². The fraction of sp³-hybridized carbons (Fsp3) is 0.800. The van der Waals surface area contributed by atoms with E-state index in [4.69, 9.17) is 5.73 Å². The quantitative estimate of drug-likeness (QED) is 0.567. The van der Waals surface area contributed by atoms with Crippen LogP contribution in [0.1, 0.15) is 26.7 Å². The predicted octanol–water partition coefficient (Wildman–Crippen LogP) is 1.21. The van der Waals surface area contributed by atoms with Gasteiger partial charge in [-0.15, -0.1) is 0 Å². The third-order valence-electron chi connectivity index (χ3n) is 2.59. The highest BCUT2D eigenvalue weighted by molar-refractivity contribution is 5.10. The molecule has 1 heterocycles. The Balaban J connectivity index is 0. The van der Waals surface area contributed by atoms with Gasteiger partial charge in [-0.05, 0) is 12.8 Å². The maximum Gasteiger partial charge on any atom is 0.0321 e. The van der Waals surface area contributed by atoms with Crippen molar-refractivity contribution >= 4 is 0 Å². The second-order valence-electron chi connectivity index (χ2n) is 3.42. The van der Waals surface area contributed by atoms with E-state index in [0.717, 1.165) is 44.7 Å². The zero-order valence-electron chi connectivity index (χ0n) is 10.2. The van der Waals surface area contributed by atoms with E-state index in [1.165, 1.54) is 5.70 Å².